The minimum Gasteiger partial charge on any atom is -1.00 e. The molecule has 530 valence electrons. The van der Waals surface area contributed by atoms with Gasteiger partial charge in [-0.1, -0.05) is 227 Å². The summed E-state index contributed by atoms with van der Waals surface area (Å²) in [4.78, 5) is 60.7. The van der Waals surface area contributed by atoms with Gasteiger partial charge >= 0.3 is 103 Å². The molecule has 17 heteroatoms. The third-order valence-electron chi connectivity index (χ3n) is 18.8. The number of alkyl halides is 2. The van der Waals surface area contributed by atoms with Gasteiger partial charge in [0.25, 0.3) is 18.3 Å². The molecule has 2 aliphatic rings. The number of nitrogens with zero attached hydrogens (tertiary/aromatic N) is 2. The minimum atomic E-state index is -1.00. The van der Waals surface area contributed by atoms with Gasteiger partial charge in [0, 0.05) is 56.5 Å². The van der Waals surface area contributed by atoms with Crippen LogP contribution in [0.1, 0.15) is 284 Å². The van der Waals surface area contributed by atoms with Crippen LogP contribution in [0.3, 0.4) is 0 Å². The zero-order valence-electron chi connectivity index (χ0n) is 63.7. The van der Waals surface area contributed by atoms with E-state index in [0.717, 1.165) is 117 Å². The summed E-state index contributed by atoms with van der Waals surface area (Å²) in [6.07, 6.45) is 38.2. The summed E-state index contributed by atoms with van der Waals surface area (Å²) in [7, 11) is -1.00. The Morgan fingerprint density at radius 1 is 0.474 bits per heavy atom. The molecule has 0 spiro atoms. The Hall–Kier alpha value is -0.0173. The maximum atomic E-state index is 16.1. The molecule has 2 amide bonds. The van der Waals surface area contributed by atoms with Crippen molar-refractivity contribution in [3.63, 3.8) is 0 Å². The van der Waals surface area contributed by atoms with E-state index in [2.05, 4.69) is 166 Å². The zero-order chi connectivity index (χ0) is 69.6. The van der Waals surface area contributed by atoms with Crippen molar-refractivity contribution in [1.82, 2.24) is 9.80 Å². The molecule has 8 heterocycles. The number of rotatable bonds is 44. The van der Waals surface area contributed by atoms with Crippen LogP contribution < -0.4 is 108 Å². The van der Waals surface area contributed by atoms with E-state index in [1.54, 1.807) is 0 Å². The molecule has 6 aromatic heterocycles. The molecular weight excluding hydrogens is 1490 g/mol. The Morgan fingerprint density at radius 2 is 0.784 bits per heavy atom. The van der Waals surface area contributed by atoms with Crippen LogP contribution in [0.2, 0.25) is 0 Å². The van der Waals surface area contributed by atoms with Gasteiger partial charge in [0.2, 0.25) is 0 Å². The van der Waals surface area contributed by atoms with Crippen molar-refractivity contribution in [2.45, 2.75) is 275 Å². The molecule has 0 aromatic carbocycles. The average molecular weight is 1610 g/mol. The SMILES string of the molecule is CCCCC(CC)CI.CCCCCCc1ccsc1-c1ccc(-c2sc(C3=C4C(=O)N(CC(CC)CCCC)C(c5cc(CCCCCC)c(-c6ccc(-c7sccc7CCCCCC)s6)s5)=C4C(=O)N3CC(CC)CCCC)cc2CCCCCC)s1.O=CO[O-].[2H]CF.[H-].[K+].[K+]. The minimum absolute atomic E-state index is 0. The first-order valence-electron chi connectivity index (χ1n) is 37.5. The standard InChI is InChI=1S/C70H96N2O2S6.C8H17I.CH3F.CH2O3.2K.H/c1-9-17-23-27-33-51-41-43-75-65(51)55-37-39-57(77-55)67-53(35-29-25-19-11-3)45-59(79-67)63-61-62(70(74)71(63)47-49(15-7)31-21-13-5)64(72(69(61)73)48-50(16-8)32-22-14-6)60-46-54(36-30-26-20-12-4)68(80-60)58-40-38-56(78-58)66-52(42-44-76-66)34-28-24-18-10-2;1-3-5-6-8(4-2)7-9;1-2;2-1-4-3;;;/h37-46,49-50H,9-36,47-48H2,1-8H3;8H,3-7H2,1-2H3;1H3;1,3H;;;/q;;;;2*+1;-1/p-1/i;;1D;;;;. The number of carbonyl (C=O) groups excluding carboxylic acids is 3. The van der Waals surface area contributed by atoms with Crippen LogP contribution in [0, 0.1) is 17.8 Å². The summed E-state index contributed by atoms with van der Waals surface area (Å²) in [5.41, 5.74) is 8.76. The number of aryl methyl sites for hydroxylation is 4. The third-order valence-corrected chi connectivity index (χ3v) is 27.3. The van der Waals surface area contributed by atoms with Crippen molar-refractivity contribution in [1.29, 1.82) is 0 Å². The molecular formula is C80H118FIK2N2O5S6. The maximum Gasteiger partial charge on any atom is 1.00 e. The number of halogens is 2. The summed E-state index contributed by atoms with van der Waals surface area (Å²) in [6, 6.07) is 19.0. The molecule has 0 radical (unpaired) electrons. The van der Waals surface area contributed by atoms with Crippen LogP contribution in [-0.4, -0.2) is 52.8 Å². The van der Waals surface area contributed by atoms with Crippen molar-refractivity contribution in [3.8, 4) is 39.0 Å². The van der Waals surface area contributed by atoms with Gasteiger partial charge in [-0.15, -0.1) is 68.0 Å². The van der Waals surface area contributed by atoms with Gasteiger partial charge in [-0.25, -0.2) is 0 Å². The molecule has 8 rings (SSSR count). The van der Waals surface area contributed by atoms with Crippen LogP contribution in [0.4, 0.5) is 4.39 Å². The fraction of sp³-hybridized carbons (Fsp3) is 0.613. The predicted molar refractivity (Wildman–Crippen MR) is 425 cm³/mol. The van der Waals surface area contributed by atoms with Gasteiger partial charge in [-0.3, -0.25) is 18.8 Å². The summed E-state index contributed by atoms with van der Waals surface area (Å²) >= 11 is 13.8. The fourth-order valence-electron chi connectivity index (χ4n) is 13.0. The summed E-state index contributed by atoms with van der Waals surface area (Å²) in [6.45, 7) is 23.9. The molecule has 0 aliphatic carbocycles. The Bertz CT molecular complexity index is 3040. The predicted octanol–water partition coefficient (Wildman–Crippen LogP) is 20.2. The van der Waals surface area contributed by atoms with E-state index >= 15 is 9.59 Å². The number of carbonyl (C=O) groups is 3. The molecule has 2 aliphatic heterocycles. The number of unbranched alkanes of at least 4 members (excludes halogenated alkanes) is 15. The first-order valence-corrected chi connectivity index (χ1v) is 43.3. The van der Waals surface area contributed by atoms with Crippen LogP contribution >= 0.6 is 90.6 Å². The topological polar surface area (TPSA) is 90.0 Å². The van der Waals surface area contributed by atoms with Crippen molar-refractivity contribution in [3.05, 3.63) is 102 Å². The summed E-state index contributed by atoms with van der Waals surface area (Å²) in [5.74, 6) is 1.73. The second-order valence-corrected chi connectivity index (χ2v) is 32.9. The van der Waals surface area contributed by atoms with Gasteiger partial charge in [0.05, 0.1) is 40.8 Å². The molecule has 7 nitrogen and oxygen atoms in total. The van der Waals surface area contributed by atoms with E-state index in [0.29, 0.717) is 36.1 Å². The number of thiophene rings is 6. The summed E-state index contributed by atoms with van der Waals surface area (Å²) in [5, 5.41) is 13.0. The average Bonchev–Trinajstić information content (AvgIpc) is 1.55. The van der Waals surface area contributed by atoms with E-state index in [1.807, 2.05) is 68.0 Å². The monoisotopic (exact) mass is 1600 g/mol. The van der Waals surface area contributed by atoms with Crippen molar-refractivity contribution < 1.29 is 134 Å². The molecule has 0 N–H and O–H groups in total. The Balaban J connectivity index is 0.00000157. The second-order valence-electron chi connectivity index (χ2n) is 25.9. The van der Waals surface area contributed by atoms with Crippen molar-refractivity contribution >= 4 is 120 Å². The first kappa shape index (κ1) is 89.4. The normalized spacial score (nSPS) is 13.7. The first-order chi connectivity index (χ1) is 46.9. The van der Waals surface area contributed by atoms with Gasteiger partial charge in [-0.05, 0) is 170 Å². The van der Waals surface area contributed by atoms with Gasteiger partial charge < -0.3 is 21.4 Å². The molecule has 6 aromatic rings. The van der Waals surface area contributed by atoms with E-state index < -0.39 is 7.15 Å². The van der Waals surface area contributed by atoms with E-state index in [1.165, 1.54) is 181 Å². The van der Waals surface area contributed by atoms with Gasteiger partial charge in [0.15, 0.2) is 0 Å². The molecule has 3 atom stereocenters. The third kappa shape index (κ3) is 27.7. The van der Waals surface area contributed by atoms with Crippen molar-refractivity contribution in [2.24, 2.45) is 17.8 Å². The Morgan fingerprint density at radius 3 is 1.08 bits per heavy atom. The fourth-order valence-corrected chi connectivity index (χ4v) is 21.1. The number of amides is 2. The van der Waals surface area contributed by atoms with Crippen LogP contribution in [-0.2, 0) is 45.0 Å². The zero-order valence-corrected chi connectivity index (χ0v) is 75.0. The number of hydrogen-bond donors (Lipinski definition) is 0. The summed E-state index contributed by atoms with van der Waals surface area (Å²) < 4.78 is 16.8. The maximum absolute atomic E-state index is 16.1. The number of fused-ring (bicyclic) bond motifs is 1. The quantitative estimate of drug-likeness (QED) is 0.00723. The molecule has 0 bridgehead atoms. The Kier molecular flexibility index (Phi) is 48.7. The van der Waals surface area contributed by atoms with Crippen LogP contribution in [0.5, 0.6) is 0 Å². The van der Waals surface area contributed by atoms with Gasteiger partial charge in [0.1, 0.15) is 0 Å². The van der Waals surface area contributed by atoms with E-state index in [-0.39, 0.29) is 122 Å². The van der Waals surface area contributed by atoms with Crippen molar-refractivity contribution in [2.75, 3.05) is 24.7 Å². The Labute approximate surface area is 713 Å². The van der Waals surface area contributed by atoms with E-state index in [9.17, 15) is 4.39 Å². The molecule has 0 fully saturated rings. The molecule has 3 unspecified atom stereocenters. The second kappa shape index (κ2) is 52.9. The van der Waals surface area contributed by atoms with Crippen LogP contribution in [0.15, 0.2) is 70.4 Å². The van der Waals surface area contributed by atoms with Crippen LogP contribution in [0.25, 0.3) is 50.4 Å². The molecule has 0 saturated carbocycles. The van der Waals surface area contributed by atoms with E-state index in [4.69, 9.17) is 11.4 Å². The molecule has 0 saturated heterocycles. The molecule has 97 heavy (non-hydrogen) atoms. The van der Waals surface area contributed by atoms with Gasteiger partial charge in [-0.2, -0.15) is 0 Å². The smallest absolute Gasteiger partial charge is 1.00 e. The number of hydrogen-bond acceptors (Lipinski definition) is 11. The largest absolute Gasteiger partial charge is 1.00 e.